The van der Waals surface area contributed by atoms with Gasteiger partial charge in [-0.2, -0.15) is 0 Å². The summed E-state index contributed by atoms with van der Waals surface area (Å²) in [6.07, 6.45) is 1.47. The summed E-state index contributed by atoms with van der Waals surface area (Å²) in [5, 5.41) is 9.39. The van der Waals surface area contributed by atoms with Gasteiger partial charge in [-0.15, -0.1) is 0 Å². The highest BCUT2D eigenvalue weighted by atomic mass is 16.4. The van der Waals surface area contributed by atoms with Crippen LogP contribution >= 0.6 is 0 Å². The average Bonchev–Trinajstić information content (AvgIpc) is 3.05. The predicted octanol–water partition coefficient (Wildman–Crippen LogP) is 5.31. The molecule has 0 amide bonds. The second-order valence-corrected chi connectivity index (χ2v) is 6.33. The summed E-state index contributed by atoms with van der Waals surface area (Å²) in [6.45, 7) is 5.92. The number of carboxylic acids is 1. The molecule has 0 spiro atoms. The van der Waals surface area contributed by atoms with Crippen LogP contribution in [-0.2, 0) is 4.79 Å². The Kier molecular flexibility index (Phi) is 6.51. The zero-order valence-corrected chi connectivity index (χ0v) is 15.1. The Morgan fingerprint density at radius 1 is 0.880 bits per heavy atom. The molecule has 2 unspecified atom stereocenters. The molecule has 0 aromatic heterocycles. The quantitative estimate of drug-likeness (QED) is 0.769. The SMILES string of the molecule is CC.CC1CC[C@@H](C(=O)c2ccc(-c3ccccc3)cc2)C1C(=O)O. The lowest BCUT2D eigenvalue weighted by Crippen LogP contribution is -2.28. The van der Waals surface area contributed by atoms with E-state index in [1.807, 2.05) is 75.4 Å². The molecule has 2 aromatic rings. The van der Waals surface area contributed by atoms with E-state index in [1.54, 1.807) is 0 Å². The van der Waals surface area contributed by atoms with Gasteiger partial charge in [-0.05, 0) is 29.9 Å². The van der Waals surface area contributed by atoms with Crippen molar-refractivity contribution in [3.8, 4) is 11.1 Å². The summed E-state index contributed by atoms with van der Waals surface area (Å²) in [5.74, 6) is -1.79. The second kappa shape index (κ2) is 8.61. The summed E-state index contributed by atoms with van der Waals surface area (Å²) in [5.41, 5.74) is 2.76. The Labute approximate surface area is 149 Å². The molecule has 3 heteroatoms. The van der Waals surface area contributed by atoms with Gasteiger partial charge in [0.1, 0.15) is 0 Å². The van der Waals surface area contributed by atoms with Crippen LogP contribution in [0.2, 0.25) is 0 Å². The topological polar surface area (TPSA) is 54.4 Å². The molecule has 0 bridgehead atoms. The molecule has 3 rings (SSSR count). The van der Waals surface area contributed by atoms with Crippen LogP contribution in [0.25, 0.3) is 11.1 Å². The fourth-order valence-electron chi connectivity index (χ4n) is 3.58. The Morgan fingerprint density at radius 2 is 1.44 bits per heavy atom. The molecule has 3 atom stereocenters. The van der Waals surface area contributed by atoms with Crippen molar-refractivity contribution in [2.24, 2.45) is 17.8 Å². The van der Waals surface area contributed by atoms with Gasteiger partial charge in [0, 0.05) is 11.5 Å². The van der Waals surface area contributed by atoms with Gasteiger partial charge in [0.25, 0.3) is 0 Å². The molecule has 1 fully saturated rings. The van der Waals surface area contributed by atoms with Gasteiger partial charge in [0.05, 0.1) is 5.92 Å². The van der Waals surface area contributed by atoms with Crippen molar-refractivity contribution < 1.29 is 14.7 Å². The zero-order valence-electron chi connectivity index (χ0n) is 15.1. The summed E-state index contributed by atoms with van der Waals surface area (Å²) in [7, 11) is 0. The third-order valence-corrected chi connectivity index (χ3v) is 4.88. The van der Waals surface area contributed by atoms with Crippen LogP contribution in [0.4, 0.5) is 0 Å². The molecule has 1 aliphatic rings. The largest absolute Gasteiger partial charge is 0.481 e. The number of carboxylic acid groups (broad SMARTS) is 1. The Bertz CT molecular complexity index is 704. The lowest BCUT2D eigenvalue weighted by molar-refractivity contribution is -0.143. The number of rotatable bonds is 4. The number of aliphatic carboxylic acids is 1. The number of Topliss-reactive ketones (excluding diaryl/α,β-unsaturated/α-hetero) is 1. The molecule has 25 heavy (non-hydrogen) atoms. The van der Waals surface area contributed by atoms with Gasteiger partial charge in [-0.25, -0.2) is 0 Å². The van der Waals surface area contributed by atoms with E-state index in [2.05, 4.69) is 0 Å². The smallest absolute Gasteiger partial charge is 0.307 e. The Morgan fingerprint density at radius 3 is 2.00 bits per heavy atom. The fraction of sp³-hybridized carbons (Fsp3) is 0.364. The van der Waals surface area contributed by atoms with Gasteiger partial charge in [-0.3, -0.25) is 9.59 Å². The first kappa shape index (κ1) is 18.9. The van der Waals surface area contributed by atoms with E-state index in [-0.39, 0.29) is 11.7 Å². The number of carbonyl (C=O) groups excluding carboxylic acids is 1. The van der Waals surface area contributed by atoms with Crippen molar-refractivity contribution in [1.29, 1.82) is 0 Å². The Hall–Kier alpha value is -2.42. The summed E-state index contributed by atoms with van der Waals surface area (Å²) in [6, 6.07) is 17.4. The molecular formula is C22H26O3. The molecule has 1 N–H and O–H groups in total. The third kappa shape index (κ3) is 4.16. The van der Waals surface area contributed by atoms with E-state index < -0.39 is 17.8 Å². The van der Waals surface area contributed by atoms with Crippen LogP contribution in [0.15, 0.2) is 54.6 Å². The minimum absolute atomic E-state index is 0.0404. The van der Waals surface area contributed by atoms with E-state index in [4.69, 9.17) is 0 Å². The van der Waals surface area contributed by atoms with E-state index in [1.165, 1.54) is 0 Å². The molecule has 0 radical (unpaired) electrons. The maximum absolute atomic E-state index is 12.7. The van der Waals surface area contributed by atoms with Gasteiger partial charge >= 0.3 is 5.97 Å². The standard InChI is InChI=1S/C20H20O3.C2H6/c1-13-7-12-17(18(13)20(22)23)19(21)16-10-8-15(9-11-16)14-5-3-2-4-6-14;1-2/h2-6,8-11,13,17-18H,7,12H2,1H3,(H,22,23);1-2H3/t13?,17-,18?;/m1./s1. The number of benzene rings is 2. The van der Waals surface area contributed by atoms with Gasteiger partial charge in [0.15, 0.2) is 5.78 Å². The minimum atomic E-state index is -0.853. The lowest BCUT2D eigenvalue weighted by atomic mass is 9.85. The first-order valence-electron chi connectivity index (χ1n) is 9.00. The molecule has 0 aliphatic heterocycles. The van der Waals surface area contributed by atoms with Crippen LogP contribution in [0.1, 0.15) is 44.0 Å². The number of carbonyl (C=O) groups is 2. The lowest BCUT2D eigenvalue weighted by Gasteiger charge is -2.17. The monoisotopic (exact) mass is 338 g/mol. The molecule has 2 aromatic carbocycles. The molecule has 0 saturated heterocycles. The summed E-state index contributed by atoms with van der Waals surface area (Å²) in [4.78, 5) is 24.1. The first-order valence-corrected chi connectivity index (χ1v) is 9.00. The van der Waals surface area contributed by atoms with Crippen LogP contribution in [0, 0.1) is 17.8 Å². The predicted molar refractivity (Wildman–Crippen MR) is 101 cm³/mol. The van der Waals surface area contributed by atoms with Crippen LogP contribution in [0.5, 0.6) is 0 Å². The normalized spacial score (nSPS) is 22.0. The van der Waals surface area contributed by atoms with Crippen LogP contribution in [0.3, 0.4) is 0 Å². The maximum Gasteiger partial charge on any atom is 0.307 e. The minimum Gasteiger partial charge on any atom is -0.481 e. The summed E-state index contributed by atoms with van der Waals surface area (Å²) >= 11 is 0. The molecule has 0 heterocycles. The highest BCUT2D eigenvalue weighted by Crippen LogP contribution is 2.39. The van der Waals surface area contributed by atoms with Crippen molar-refractivity contribution in [2.45, 2.75) is 33.6 Å². The van der Waals surface area contributed by atoms with E-state index in [0.29, 0.717) is 12.0 Å². The van der Waals surface area contributed by atoms with Crippen molar-refractivity contribution in [1.82, 2.24) is 0 Å². The van der Waals surface area contributed by atoms with Gasteiger partial charge in [-0.1, -0.05) is 75.4 Å². The first-order chi connectivity index (χ1) is 12.1. The summed E-state index contributed by atoms with van der Waals surface area (Å²) < 4.78 is 0. The molecule has 132 valence electrons. The van der Waals surface area contributed by atoms with E-state index >= 15 is 0 Å². The van der Waals surface area contributed by atoms with Crippen LogP contribution in [-0.4, -0.2) is 16.9 Å². The van der Waals surface area contributed by atoms with E-state index in [0.717, 1.165) is 17.5 Å². The number of ketones is 1. The molecule has 1 saturated carbocycles. The molecule has 3 nitrogen and oxygen atoms in total. The second-order valence-electron chi connectivity index (χ2n) is 6.33. The zero-order chi connectivity index (χ0) is 18.4. The average molecular weight is 338 g/mol. The Balaban J connectivity index is 0.00000109. The van der Waals surface area contributed by atoms with Crippen molar-refractivity contribution >= 4 is 11.8 Å². The highest BCUT2D eigenvalue weighted by molar-refractivity contribution is 6.00. The van der Waals surface area contributed by atoms with Crippen LogP contribution < -0.4 is 0 Å². The fourth-order valence-corrected chi connectivity index (χ4v) is 3.58. The molecule has 1 aliphatic carbocycles. The van der Waals surface area contributed by atoms with Gasteiger partial charge in [0.2, 0.25) is 0 Å². The molecular weight excluding hydrogens is 312 g/mol. The van der Waals surface area contributed by atoms with Gasteiger partial charge < -0.3 is 5.11 Å². The van der Waals surface area contributed by atoms with Crippen molar-refractivity contribution in [2.75, 3.05) is 0 Å². The third-order valence-electron chi connectivity index (χ3n) is 4.88. The number of hydrogen-bond acceptors (Lipinski definition) is 2. The maximum atomic E-state index is 12.7. The van der Waals surface area contributed by atoms with Crippen molar-refractivity contribution in [3.05, 3.63) is 60.2 Å². The highest BCUT2D eigenvalue weighted by Gasteiger charge is 2.42. The number of hydrogen-bond donors (Lipinski definition) is 1. The van der Waals surface area contributed by atoms with E-state index in [9.17, 15) is 14.7 Å². The van der Waals surface area contributed by atoms with Crippen molar-refractivity contribution in [3.63, 3.8) is 0 Å².